The standard InChI is InChI=1S/C32H26N8O4S2/c33-31-25-7-3-1-5-23(25)29(45(35,41)42)17-27(31)39-37-21-13-9-19(10-14-21)20-11-15-22(16-12-20)38-40-28-18-30(46(36,43)44)24-6-2-4-8-26(24)32(28)34/h1-18H,33-34H2,(H2,35,41,42)(H2,36,43,44)/b39-37+,40-38+. The summed E-state index contributed by atoms with van der Waals surface area (Å²) >= 11 is 0. The van der Waals surface area contributed by atoms with Gasteiger partial charge in [-0.15, -0.1) is 10.2 Å². The van der Waals surface area contributed by atoms with Crippen molar-refractivity contribution in [3.8, 4) is 11.1 Å². The fourth-order valence-corrected chi connectivity index (χ4v) is 6.52. The number of azo groups is 2. The van der Waals surface area contributed by atoms with E-state index in [1.807, 2.05) is 24.3 Å². The van der Waals surface area contributed by atoms with E-state index < -0.39 is 20.0 Å². The second-order valence-electron chi connectivity index (χ2n) is 10.3. The van der Waals surface area contributed by atoms with Crippen LogP contribution >= 0.6 is 0 Å². The van der Waals surface area contributed by atoms with Gasteiger partial charge in [0.15, 0.2) is 0 Å². The molecule has 8 N–H and O–H groups in total. The smallest absolute Gasteiger partial charge is 0.238 e. The number of fused-ring (bicyclic) bond motifs is 2. The monoisotopic (exact) mass is 650 g/mol. The van der Waals surface area contributed by atoms with Crippen LogP contribution in [0.5, 0.6) is 0 Å². The van der Waals surface area contributed by atoms with E-state index in [2.05, 4.69) is 20.5 Å². The van der Waals surface area contributed by atoms with Gasteiger partial charge >= 0.3 is 0 Å². The van der Waals surface area contributed by atoms with Gasteiger partial charge in [-0.3, -0.25) is 0 Å². The van der Waals surface area contributed by atoms with E-state index in [0.717, 1.165) is 11.1 Å². The van der Waals surface area contributed by atoms with Crippen molar-refractivity contribution in [2.24, 2.45) is 30.7 Å². The van der Waals surface area contributed by atoms with Crippen LogP contribution in [0.4, 0.5) is 34.1 Å². The maximum absolute atomic E-state index is 12.2. The highest BCUT2D eigenvalue weighted by Gasteiger charge is 2.18. The molecular weight excluding hydrogens is 625 g/mol. The molecule has 0 aromatic heterocycles. The zero-order chi connectivity index (χ0) is 32.6. The molecule has 0 saturated heterocycles. The maximum Gasteiger partial charge on any atom is 0.238 e. The Kier molecular flexibility index (Phi) is 7.79. The third-order valence-corrected chi connectivity index (χ3v) is 9.18. The number of anilines is 2. The van der Waals surface area contributed by atoms with E-state index in [1.165, 1.54) is 12.1 Å². The van der Waals surface area contributed by atoms with Gasteiger partial charge in [0.1, 0.15) is 11.4 Å². The molecule has 46 heavy (non-hydrogen) atoms. The highest BCUT2D eigenvalue weighted by molar-refractivity contribution is 7.89. The Morgan fingerprint density at radius 2 is 0.761 bits per heavy atom. The van der Waals surface area contributed by atoms with Crippen molar-refractivity contribution in [2.45, 2.75) is 9.79 Å². The Bertz CT molecular complexity index is 2260. The molecule has 0 saturated carbocycles. The summed E-state index contributed by atoms with van der Waals surface area (Å²) in [5.74, 6) is 0. The van der Waals surface area contributed by atoms with E-state index >= 15 is 0 Å². The van der Waals surface area contributed by atoms with Crippen LogP contribution in [-0.2, 0) is 20.0 Å². The second-order valence-corrected chi connectivity index (χ2v) is 13.3. The predicted octanol–water partition coefficient (Wildman–Crippen LogP) is 6.95. The number of benzene rings is 6. The van der Waals surface area contributed by atoms with Crippen molar-refractivity contribution in [1.82, 2.24) is 0 Å². The number of hydrogen-bond acceptors (Lipinski definition) is 10. The molecule has 230 valence electrons. The lowest BCUT2D eigenvalue weighted by molar-refractivity contribution is 0.597. The van der Waals surface area contributed by atoms with Gasteiger partial charge in [-0.25, -0.2) is 27.1 Å². The average molecular weight is 651 g/mol. The fraction of sp³-hybridized carbons (Fsp3) is 0. The molecule has 12 nitrogen and oxygen atoms in total. The summed E-state index contributed by atoms with van der Waals surface area (Å²) < 4.78 is 48.8. The van der Waals surface area contributed by atoms with E-state index in [1.54, 1.807) is 72.8 Å². The molecule has 0 radical (unpaired) electrons. The number of nitrogens with zero attached hydrogens (tertiary/aromatic N) is 4. The van der Waals surface area contributed by atoms with Crippen molar-refractivity contribution in [2.75, 3.05) is 11.5 Å². The van der Waals surface area contributed by atoms with Crippen molar-refractivity contribution >= 4 is 75.7 Å². The zero-order valence-electron chi connectivity index (χ0n) is 23.9. The van der Waals surface area contributed by atoms with E-state index in [9.17, 15) is 16.8 Å². The number of hydrogen-bond donors (Lipinski definition) is 4. The summed E-state index contributed by atoms with van der Waals surface area (Å²) in [5.41, 5.74) is 16.3. The Morgan fingerprint density at radius 3 is 1.09 bits per heavy atom. The average Bonchev–Trinajstić information content (AvgIpc) is 3.04. The lowest BCUT2D eigenvalue weighted by atomic mass is 10.1. The van der Waals surface area contributed by atoms with Crippen molar-refractivity contribution in [3.63, 3.8) is 0 Å². The van der Waals surface area contributed by atoms with Crippen LogP contribution in [0.15, 0.2) is 139 Å². The molecule has 0 atom stereocenters. The summed E-state index contributed by atoms with van der Waals surface area (Å²) in [6.07, 6.45) is 0. The largest absolute Gasteiger partial charge is 0.396 e. The minimum atomic E-state index is -4.03. The number of sulfonamides is 2. The van der Waals surface area contributed by atoms with Crippen LogP contribution in [0.1, 0.15) is 0 Å². The number of rotatable bonds is 7. The third-order valence-electron chi connectivity index (χ3n) is 7.28. The first kappa shape index (κ1) is 30.5. The maximum atomic E-state index is 12.2. The SMILES string of the molecule is Nc1c(/N=N/c2ccc(-c3ccc(/N=N/c4cc(S(N)(=O)=O)c5ccccc5c4N)cc3)cc2)cc(S(N)(=O)=O)c2ccccc12. The quantitative estimate of drug-likeness (QED) is 0.106. The van der Waals surface area contributed by atoms with Gasteiger partial charge in [0.25, 0.3) is 0 Å². The van der Waals surface area contributed by atoms with Gasteiger partial charge in [0, 0.05) is 21.5 Å². The van der Waals surface area contributed by atoms with E-state index in [0.29, 0.717) is 32.9 Å². The number of nitrogen functional groups attached to an aromatic ring is 2. The summed E-state index contributed by atoms with van der Waals surface area (Å²) in [6.45, 7) is 0. The molecule has 0 aliphatic rings. The van der Waals surface area contributed by atoms with Crippen LogP contribution < -0.4 is 21.7 Å². The summed E-state index contributed by atoms with van der Waals surface area (Å²) in [4.78, 5) is -0.169. The normalized spacial score (nSPS) is 12.5. The van der Waals surface area contributed by atoms with Crippen molar-refractivity contribution in [3.05, 3.63) is 109 Å². The molecule has 0 fully saturated rings. The molecule has 14 heteroatoms. The highest BCUT2D eigenvalue weighted by Crippen LogP contribution is 2.38. The Hall–Kier alpha value is -5.54. The fourth-order valence-electron chi connectivity index (χ4n) is 5.00. The number of primary sulfonamides is 2. The summed E-state index contributed by atoms with van der Waals surface area (Å²) in [7, 11) is -8.06. The molecule has 0 aliphatic carbocycles. The van der Waals surface area contributed by atoms with Crippen LogP contribution in [0.2, 0.25) is 0 Å². The first-order valence-electron chi connectivity index (χ1n) is 13.6. The van der Waals surface area contributed by atoms with Gasteiger partial charge in [-0.2, -0.15) is 10.2 Å². The van der Waals surface area contributed by atoms with Crippen molar-refractivity contribution < 1.29 is 16.8 Å². The third kappa shape index (κ3) is 6.05. The van der Waals surface area contributed by atoms with Gasteiger partial charge < -0.3 is 11.5 Å². The molecular formula is C32H26N8O4S2. The molecule has 6 rings (SSSR count). The first-order chi connectivity index (χ1) is 21.9. The second kappa shape index (κ2) is 11.8. The molecule has 0 heterocycles. The molecule has 0 bridgehead atoms. The van der Waals surface area contributed by atoms with Crippen molar-refractivity contribution in [1.29, 1.82) is 0 Å². The molecule has 6 aromatic rings. The van der Waals surface area contributed by atoms with Crippen LogP contribution in [-0.4, -0.2) is 16.8 Å². The van der Waals surface area contributed by atoms with Crippen LogP contribution in [0, 0.1) is 0 Å². The Morgan fingerprint density at radius 1 is 0.435 bits per heavy atom. The highest BCUT2D eigenvalue weighted by atomic mass is 32.2. The predicted molar refractivity (Wildman–Crippen MR) is 180 cm³/mol. The van der Waals surface area contributed by atoms with Gasteiger partial charge in [0.05, 0.1) is 32.5 Å². The van der Waals surface area contributed by atoms with Gasteiger partial charge in [-0.1, -0.05) is 72.8 Å². The Balaban J connectivity index is 1.22. The van der Waals surface area contributed by atoms with E-state index in [4.69, 9.17) is 21.7 Å². The molecule has 0 aliphatic heterocycles. The molecule has 0 amide bonds. The van der Waals surface area contributed by atoms with E-state index in [-0.39, 0.29) is 32.5 Å². The topological polar surface area (TPSA) is 222 Å². The summed E-state index contributed by atoms with van der Waals surface area (Å²) in [6, 6.07) is 30.6. The van der Waals surface area contributed by atoms with Gasteiger partial charge in [-0.05, 0) is 47.5 Å². The Labute approximate surface area is 264 Å². The lowest BCUT2D eigenvalue weighted by Gasteiger charge is -2.09. The van der Waals surface area contributed by atoms with Crippen LogP contribution in [0.3, 0.4) is 0 Å². The molecule has 6 aromatic carbocycles. The molecule has 0 unspecified atom stereocenters. The molecule has 0 spiro atoms. The zero-order valence-corrected chi connectivity index (χ0v) is 25.6. The van der Waals surface area contributed by atoms with Gasteiger partial charge in [0.2, 0.25) is 20.0 Å². The minimum Gasteiger partial charge on any atom is -0.396 e. The van der Waals surface area contributed by atoms with Crippen LogP contribution in [0.25, 0.3) is 32.7 Å². The summed E-state index contributed by atoms with van der Waals surface area (Å²) in [5, 5.41) is 29.6. The minimum absolute atomic E-state index is 0.0847. The number of nitrogens with two attached hydrogens (primary N) is 4. The first-order valence-corrected chi connectivity index (χ1v) is 16.7. The lowest BCUT2D eigenvalue weighted by Crippen LogP contribution is -2.13.